The van der Waals surface area contributed by atoms with E-state index in [-0.39, 0.29) is 38.4 Å². The summed E-state index contributed by atoms with van der Waals surface area (Å²) in [5, 5.41) is 7.60. The van der Waals surface area contributed by atoms with Gasteiger partial charge < -0.3 is 11.1 Å². The lowest BCUT2D eigenvalue weighted by atomic mass is 10.1. The third-order valence-electron chi connectivity index (χ3n) is 5.35. The lowest BCUT2D eigenvalue weighted by Gasteiger charge is -2.11. The maximum absolute atomic E-state index is 13.1. The molecule has 0 aliphatic rings. The number of sulfonamides is 2. The van der Waals surface area contributed by atoms with E-state index in [4.69, 9.17) is 22.5 Å². The summed E-state index contributed by atoms with van der Waals surface area (Å²) in [7, 11) is -8.32. The van der Waals surface area contributed by atoms with Crippen molar-refractivity contribution >= 4 is 67.0 Å². The smallest absolute Gasteiger partial charge is 0.368 e. The van der Waals surface area contributed by atoms with Crippen molar-refractivity contribution in [1.29, 1.82) is 0 Å². The fourth-order valence-corrected chi connectivity index (χ4v) is 6.48. The van der Waals surface area contributed by atoms with Gasteiger partial charge in [-0.2, -0.15) is 36.5 Å². The SMILES string of the molecule is N/C(=N\S(=O)(=O)c1ccccc1SCc1ccc(C(F)(F)F)cc1)NNc1nc(Cl)nc(Nc2cccc(S(N)(=O)=O)c2)n1. The molecule has 0 atom stereocenters. The molecule has 0 amide bonds. The molecule has 0 saturated heterocycles. The number of anilines is 3. The van der Waals surface area contributed by atoms with Gasteiger partial charge in [-0.25, -0.2) is 13.6 Å². The fraction of sp³-hybridized carbons (Fsp3) is 0.0833. The maximum atomic E-state index is 13.1. The number of hydrogen-bond donors (Lipinski definition) is 5. The summed E-state index contributed by atoms with van der Waals surface area (Å²) in [5.74, 6) is -0.729. The molecule has 0 bridgehead atoms. The number of rotatable bonds is 10. The molecule has 13 nitrogen and oxygen atoms in total. The third-order valence-corrected chi connectivity index (χ3v) is 9.05. The van der Waals surface area contributed by atoms with Crippen molar-refractivity contribution in [3.63, 3.8) is 0 Å². The van der Waals surface area contributed by atoms with Crippen LogP contribution >= 0.6 is 23.4 Å². The third kappa shape index (κ3) is 8.92. The molecular formula is C24H21ClF3N9O4S3. The van der Waals surface area contributed by atoms with Gasteiger partial charge in [0, 0.05) is 16.3 Å². The van der Waals surface area contributed by atoms with Crippen LogP contribution in [0.2, 0.25) is 5.28 Å². The minimum atomic E-state index is -4.47. The zero-order valence-corrected chi connectivity index (χ0v) is 25.2. The second-order valence-electron chi connectivity index (χ2n) is 8.58. The number of benzene rings is 3. The predicted molar refractivity (Wildman–Crippen MR) is 159 cm³/mol. The normalized spacial score (nSPS) is 12.5. The number of hydrazine groups is 1. The zero-order valence-electron chi connectivity index (χ0n) is 21.9. The Morgan fingerprint density at radius 3 is 2.30 bits per heavy atom. The van der Waals surface area contributed by atoms with Gasteiger partial charge in [-0.15, -0.1) is 16.2 Å². The average Bonchev–Trinajstić information content (AvgIpc) is 2.94. The molecule has 0 aliphatic carbocycles. The Hall–Kier alpha value is -4.17. The lowest BCUT2D eigenvalue weighted by molar-refractivity contribution is -0.137. The average molecular weight is 688 g/mol. The first kappa shape index (κ1) is 32.7. The summed E-state index contributed by atoms with van der Waals surface area (Å²) in [6, 6.07) is 15.9. The van der Waals surface area contributed by atoms with Crippen molar-refractivity contribution in [2.75, 3.05) is 10.7 Å². The van der Waals surface area contributed by atoms with E-state index in [1.54, 1.807) is 6.07 Å². The number of aromatic nitrogens is 3. The Kier molecular flexibility index (Phi) is 9.84. The Balaban J connectivity index is 1.44. The molecule has 4 aromatic rings. The number of hydrogen-bond acceptors (Lipinski definition) is 10. The van der Waals surface area contributed by atoms with Gasteiger partial charge in [0.05, 0.1) is 10.5 Å². The number of primary sulfonamides is 1. The van der Waals surface area contributed by atoms with Crippen LogP contribution in [0.1, 0.15) is 11.1 Å². The minimum absolute atomic E-state index is 0.108. The highest BCUT2D eigenvalue weighted by atomic mass is 35.5. The van der Waals surface area contributed by atoms with Gasteiger partial charge in [0.25, 0.3) is 10.0 Å². The van der Waals surface area contributed by atoms with Gasteiger partial charge in [-0.3, -0.25) is 10.9 Å². The van der Waals surface area contributed by atoms with E-state index in [0.717, 1.165) is 23.9 Å². The molecular weight excluding hydrogens is 667 g/mol. The van der Waals surface area contributed by atoms with E-state index in [1.807, 2.05) is 0 Å². The van der Waals surface area contributed by atoms with Crippen LogP contribution in [-0.2, 0) is 32.0 Å². The van der Waals surface area contributed by atoms with Crippen LogP contribution in [-0.4, -0.2) is 37.7 Å². The van der Waals surface area contributed by atoms with Crippen LogP contribution in [0.15, 0.2) is 91.9 Å². The maximum Gasteiger partial charge on any atom is 0.416 e. The molecule has 232 valence electrons. The topological polar surface area (TPSA) is 207 Å². The number of halogens is 4. The van der Waals surface area contributed by atoms with E-state index < -0.39 is 37.7 Å². The first-order valence-electron chi connectivity index (χ1n) is 11.9. The van der Waals surface area contributed by atoms with E-state index in [0.29, 0.717) is 10.5 Å². The highest BCUT2D eigenvalue weighted by Crippen LogP contribution is 2.32. The van der Waals surface area contributed by atoms with E-state index in [2.05, 4.69) is 35.5 Å². The second kappa shape index (κ2) is 13.2. The molecule has 0 saturated carbocycles. The molecule has 1 aromatic heterocycles. The van der Waals surface area contributed by atoms with Gasteiger partial charge >= 0.3 is 6.18 Å². The second-order valence-corrected chi connectivity index (χ2v) is 13.1. The number of nitrogens with one attached hydrogen (secondary N) is 3. The van der Waals surface area contributed by atoms with Crippen LogP contribution in [0.3, 0.4) is 0 Å². The van der Waals surface area contributed by atoms with E-state index in [9.17, 15) is 30.0 Å². The van der Waals surface area contributed by atoms with Gasteiger partial charge in [-0.1, -0.05) is 30.3 Å². The van der Waals surface area contributed by atoms with Crippen LogP contribution in [0.5, 0.6) is 0 Å². The Bertz CT molecular complexity index is 1910. The van der Waals surface area contributed by atoms with Crippen molar-refractivity contribution in [2.45, 2.75) is 26.6 Å². The lowest BCUT2D eigenvalue weighted by Crippen LogP contribution is -2.37. The summed E-state index contributed by atoms with van der Waals surface area (Å²) >= 11 is 7.03. The monoisotopic (exact) mass is 687 g/mol. The van der Waals surface area contributed by atoms with Crippen molar-refractivity contribution in [2.24, 2.45) is 15.3 Å². The number of nitrogens with zero attached hydrogens (tertiary/aromatic N) is 4. The molecule has 0 unspecified atom stereocenters. The summed E-state index contributed by atoms with van der Waals surface area (Å²) in [6.45, 7) is 0. The molecule has 20 heteroatoms. The van der Waals surface area contributed by atoms with Crippen molar-refractivity contribution in [3.05, 3.63) is 89.2 Å². The van der Waals surface area contributed by atoms with Crippen molar-refractivity contribution in [1.82, 2.24) is 20.4 Å². The van der Waals surface area contributed by atoms with Crippen LogP contribution < -0.4 is 27.0 Å². The van der Waals surface area contributed by atoms with Gasteiger partial charge in [0.2, 0.25) is 33.2 Å². The fourth-order valence-electron chi connectivity index (χ4n) is 3.40. The molecule has 1 heterocycles. The summed E-state index contributed by atoms with van der Waals surface area (Å²) in [6.07, 6.45) is -4.47. The number of guanidine groups is 1. The molecule has 7 N–H and O–H groups in total. The molecule has 0 radical (unpaired) electrons. The highest BCUT2D eigenvalue weighted by Gasteiger charge is 2.30. The number of nitrogens with two attached hydrogens (primary N) is 2. The van der Waals surface area contributed by atoms with Crippen LogP contribution in [0, 0.1) is 0 Å². The number of alkyl halides is 3. The quantitative estimate of drug-likeness (QED) is 0.0697. The van der Waals surface area contributed by atoms with Gasteiger partial charge in [-0.05, 0) is 59.6 Å². The van der Waals surface area contributed by atoms with Crippen molar-refractivity contribution < 1.29 is 30.0 Å². The number of thioether (sulfide) groups is 1. The van der Waals surface area contributed by atoms with E-state index >= 15 is 0 Å². The summed E-state index contributed by atoms with van der Waals surface area (Å²) in [4.78, 5) is 11.7. The Morgan fingerprint density at radius 1 is 0.932 bits per heavy atom. The molecule has 3 aromatic carbocycles. The summed E-state index contributed by atoms with van der Waals surface area (Å²) in [5.41, 5.74) is 10.6. The molecule has 0 fully saturated rings. The van der Waals surface area contributed by atoms with E-state index in [1.165, 1.54) is 54.6 Å². The first-order valence-corrected chi connectivity index (χ1v) is 16.3. The zero-order chi connectivity index (χ0) is 32.1. The highest BCUT2D eigenvalue weighted by molar-refractivity contribution is 7.99. The Labute approximate surface area is 258 Å². The molecule has 0 spiro atoms. The van der Waals surface area contributed by atoms with Gasteiger partial charge in [0.1, 0.15) is 4.90 Å². The summed E-state index contributed by atoms with van der Waals surface area (Å²) < 4.78 is 91.4. The molecule has 44 heavy (non-hydrogen) atoms. The van der Waals surface area contributed by atoms with Crippen LogP contribution in [0.25, 0.3) is 0 Å². The Morgan fingerprint density at radius 2 is 1.61 bits per heavy atom. The van der Waals surface area contributed by atoms with Crippen molar-refractivity contribution in [3.8, 4) is 0 Å². The molecule has 0 aliphatic heterocycles. The standard InChI is InChI=1S/C24H21ClF3N9O4S3/c25-20-32-22(31-16-4-3-5-17(12-16)43(30,38)39)34-23(33-20)36-35-21(29)37-44(40,41)19-7-2-1-6-18(19)42-13-14-8-10-15(11-9-14)24(26,27)28/h1-12H,13H2,(H3,29,35,37)(H2,30,38,39)(H2,31,32,33,34,36). The van der Waals surface area contributed by atoms with Gasteiger partial charge in [0.15, 0.2) is 0 Å². The predicted octanol–water partition coefficient (Wildman–Crippen LogP) is 3.85. The molecule has 4 rings (SSSR count). The minimum Gasteiger partial charge on any atom is -0.368 e. The largest absolute Gasteiger partial charge is 0.416 e. The van der Waals surface area contributed by atoms with Crippen LogP contribution in [0.4, 0.5) is 30.8 Å². The first-order chi connectivity index (χ1) is 20.6.